The van der Waals surface area contributed by atoms with Crippen molar-refractivity contribution in [2.24, 2.45) is 10.9 Å². The molecule has 0 atom stereocenters. The first-order chi connectivity index (χ1) is 11.3. The Morgan fingerprint density at radius 2 is 1.75 bits per heavy atom. The van der Waals surface area contributed by atoms with Crippen molar-refractivity contribution < 1.29 is 9.47 Å². The van der Waals surface area contributed by atoms with E-state index >= 15 is 0 Å². The lowest BCUT2D eigenvalue weighted by atomic mass is 9.99. The monoisotopic (exact) mass is 456 g/mol. The standard InChI is InChI=1S/C17H36N4O2.HI/c1-16-6-11-21(12-7-16)10-4-8-19-17(18-2)20-9-5-13-23-15-14-22-3;/h16H,4-15H2,1-3H3,(H2,18,19,20);1H. The van der Waals surface area contributed by atoms with Crippen LogP contribution in [0.3, 0.4) is 0 Å². The number of methoxy groups -OCH3 is 1. The first kappa shape index (κ1) is 23.9. The summed E-state index contributed by atoms with van der Waals surface area (Å²) in [5.74, 6) is 1.79. The Hall–Kier alpha value is -0.120. The number of aliphatic imine (C=N–C) groups is 1. The summed E-state index contributed by atoms with van der Waals surface area (Å²) in [4.78, 5) is 6.83. The van der Waals surface area contributed by atoms with E-state index in [2.05, 4.69) is 27.4 Å². The highest BCUT2D eigenvalue weighted by atomic mass is 127. The van der Waals surface area contributed by atoms with Crippen LogP contribution >= 0.6 is 24.0 Å². The van der Waals surface area contributed by atoms with E-state index < -0.39 is 0 Å². The molecule has 0 amide bonds. The van der Waals surface area contributed by atoms with Crippen LogP contribution in [0.25, 0.3) is 0 Å². The van der Waals surface area contributed by atoms with Gasteiger partial charge in [0.25, 0.3) is 0 Å². The number of nitrogens with zero attached hydrogens (tertiary/aromatic N) is 2. The molecule has 0 radical (unpaired) electrons. The minimum absolute atomic E-state index is 0. The zero-order valence-electron chi connectivity index (χ0n) is 15.7. The normalized spacial score (nSPS) is 16.7. The Morgan fingerprint density at radius 1 is 1.08 bits per heavy atom. The number of rotatable bonds is 11. The largest absolute Gasteiger partial charge is 0.382 e. The van der Waals surface area contributed by atoms with E-state index in [9.17, 15) is 0 Å². The van der Waals surface area contributed by atoms with Gasteiger partial charge >= 0.3 is 0 Å². The second-order valence-corrected chi connectivity index (χ2v) is 6.26. The summed E-state index contributed by atoms with van der Waals surface area (Å²) in [7, 11) is 3.50. The molecule has 1 heterocycles. The molecule has 144 valence electrons. The van der Waals surface area contributed by atoms with Crippen LogP contribution < -0.4 is 10.6 Å². The Labute approximate surface area is 165 Å². The van der Waals surface area contributed by atoms with Gasteiger partial charge in [-0.25, -0.2) is 0 Å². The lowest BCUT2D eigenvalue weighted by molar-refractivity contribution is 0.0698. The maximum absolute atomic E-state index is 5.43. The summed E-state index contributed by atoms with van der Waals surface area (Å²) in [6.45, 7) is 9.98. The zero-order chi connectivity index (χ0) is 16.8. The Kier molecular flexibility index (Phi) is 16.3. The highest BCUT2D eigenvalue weighted by Crippen LogP contribution is 2.15. The van der Waals surface area contributed by atoms with Gasteiger partial charge in [0.05, 0.1) is 13.2 Å². The molecule has 2 N–H and O–H groups in total. The van der Waals surface area contributed by atoms with Crippen LogP contribution in [0.5, 0.6) is 0 Å². The van der Waals surface area contributed by atoms with E-state index in [1.165, 1.54) is 32.5 Å². The molecule has 0 aromatic rings. The number of hydrogen-bond acceptors (Lipinski definition) is 4. The van der Waals surface area contributed by atoms with Crippen molar-refractivity contribution in [2.45, 2.75) is 32.6 Å². The van der Waals surface area contributed by atoms with E-state index in [1.807, 2.05) is 7.05 Å². The fourth-order valence-electron chi connectivity index (χ4n) is 2.64. The Morgan fingerprint density at radius 3 is 2.38 bits per heavy atom. The van der Waals surface area contributed by atoms with E-state index in [0.717, 1.165) is 44.4 Å². The molecule has 24 heavy (non-hydrogen) atoms. The van der Waals surface area contributed by atoms with E-state index in [1.54, 1.807) is 7.11 Å². The molecule has 0 unspecified atom stereocenters. The number of piperidine rings is 1. The Bertz CT molecular complexity index is 311. The summed E-state index contributed by atoms with van der Waals surface area (Å²) in [6, 6.07) is 0. The summed E-state index contributed by atoms with van der Waals surface area (Å²) in [5, 5.41) is 6.70. The number of hydrogen-bond donors (Lipinski definition) is 2. The van der Waals surface area contributed by atoms with Crippen molar-refractivity contribution in [3.8, 4) is 0 Å². The van der Waals surface area contributed by atoms with Gasteiger partial charge in [-0.1, -0.05) is 6.92 Å². The van der Waals surface area contributed by atoms with Gasteiger partial charge < -0.3 is 25.0 Å². The highest BCUT2D eigenvalue weighted by Gasteiger charge is 2.14. The maximum Gasteiger partial charge on any atom is 0.190 e. The van der Waals surface area contributed by atoms with E-state index in [0.29, 0.717) is 13.2 Å². The molecule has 0 aromatic carbocycles. The van der Waals surface area contributed by atoms with Crippen LogP contribution in [0.15, 0.2) is 4.99 Å². The second kappa shape index (κ2) is 16.4. The number of likely N-dealkylation sites (tertiary alicyclic amines) is 1. The predicted molar refractivity (Wildman–Crippen MR) is 112 cm³/mol. The van der Waals surface area contributed by atoms with Crippen molar-refractivity contribution in [1.82, 2.24) is 15.5 Å². The van der Waals surface area contributed by atoms with Crippen molar-refractivity contribution in [1.29, 1.82) is 0 Å². The maximum atomic E-state index is 5.43. The molecule has 0 aliphatic carbocycles. The van der Waals surface area contributed by atoms with Crippen LogP contribution in [0.2, 0.25) is 0 Å². The SMILES string of the molecule is CN=C(NCCCOCCOC)NCCCN1CCC(C)CC1.I. The fourth-order valence-corrected chi connectivity index (χ4v) is 2.64. The summed E-state index contributed by atoms with van der Waals surface area (Å²) in [6.07, 6.45) is 4.83. The Balaban J connectivity index is 0.00000529. The molecule has 1 aliphatic heterocycles. The van der Waals surface area contributed by atoms with Crippen LogP contribution in [0.1, 0.15) is 32.6 Å². The van der Waals surface area contributed by atoms with Crippen LogP contribution in [-0.2, 0) is 9.47 Å². The molecule has 7 heteroatoms. The van der Waals surface area contributed by atoms with Crippen molar-refractivity contribution in [2.75, 3.05) is 66.7 Å². The molecular weight excluding hydrogens is 419 g/mol. The molecule has 1 rings (SSSR count). The number of nitrogens with one attached hydrogen (secondary N) is 2. The van der Waals surface area contributed by atoms with Gasteiger partial charge in [0.1, 0.15) is 0 Å². The van der Waals surface area contributed by atoms with Crippen LogP contribution in [0.4, 0.5) is 0 Å². The average Bonchev–Trinajstić information content (AvgIpc) is 2.57. The molecule has 0 bridgehead atoms. The first-order valence-corrected chi connectivity index (χ1v) is 8.99. The van der Waals surface area contributed by atoms with Gasteiger partial charge in [0, 0.05) is 33.9 Å². The molecule has 0 spiro atoms. The minimum atomic E-state index is 0. The number of ether oxygens (including phenoxy) is 2. The summed E-state index contributed by atoms with van der Waals surface area (Å²) >= 11 is 0. The molecule has 6 nitrogen and oxygen atoms in total. The quantitative estimate of drug-likeness (QED) is 0.216. The average molecular weight is 456 g/mol. The summed E-state index contributed by atoms with van der Waals surface area (Å²) in [5.41, 5.74) is 0. The molecule has 0 saturated carbocycles. The molecule has 1 saturated heterocycles. The van der Waals surface area contributed by atoms with E-state index in [-0.39, 0.29) is 24.0 Å². The lowest BCUT2D eigenvalue weighted by Crippen LogP contribution is -2.40. The van der Waals surface area contributed by atoms with Gasteiger partial charge in [-0.05, 0) is 51.2 Å². The molecule has 1 aliphatic rings. The number of guanidine groups is 1. The van der Waals surface area contributed by atoms with E-state index in [4.69, 9.17) is 9.47 Å². The zero-order valence-corrected chi connectivity index (χ0v) is 18.0. The van der Waals surface area contributed by atoms with Crippen LogP contribution in [0, 0.1) is 5.92 Å². The molecule has 1 fully saturated rings. The third kappa shape index (κ3) is 12.3. The summed E-state index contributed by atoms with van der Waals surface area (Å²) < 4.78 is 10.4. The number of halogens is 1. The third-order valence-corrected chi connectivity index (χ3v) is 4.23. The lowest BCUT2D eigenvalue weighted by Gasteiger charge is -2.30. The fraction of sp³-hybridized carbons (Fsp3) is 0.941. The third-order valence-electron chi connectivity index (χ3n) is 4.23. The smallest absolute Gasteiger partial charge is 0.190 e. The van der Waals surface area contributed by atoms with Crippen molar-refractivity contribution >= 4 is 29.9 Å². The van der Waals surface area contributed by atoms with Gasteiger partial charge in [0.15, 0.2) is 5.96 Å². The van der Waals surface area contributed by atoms with Crippen molar-refractivity contribution in [3.63, 3.8) is 0 Å². The molecule has 0 aromatic heterocycles. The van der Waals surface area contributed by atoms with Gasteiger partial charge in [-0.3, -0.25) is 4.99 Å². The van der Waals surface area contributed by atoms with Crippen LogP contribution in [-0.4, -0.2) is 77.6 Å². The van der Waals surface area contributed by atoms with Gasteiger partial charge in [-0.2, -0.15) is 0 Å². The molecular formula is C17H37IN4O2. The second-order valence-electron chi connectivity index (χ2n) is 6.26. The predicted octanol–water partition coefficient (Wildman–Crippen LogP) is 1.94. The first-order valence-electron chi connectivity index (χ1n) is 8.99. The van der Waals surface area contributed by atoms with Gasteiger partial charge in [0.2, 0.25) is 0 Å². The van der Waals surface area contributed by atoms with Gasteiger partial charge in [-0.15, -0.1) is 24.0 Å². The minimum Gasteiger partial charge on any atom is -0.382 e. The van der Waals surface area contributed by atoms with Crippen molar-refractivity contribution in [3.05, 3.63) is 0 Å². The highest BCUT2D eigenvalue weighted by molar-refractivity contribution is 14.0. The topological polar surface area (TPSA) is 58.1 Å².